The average molecular weight is 426 g/mol. The molecule has 0 spiro atoms. The molecule has 2 aliphatic rings. The van der Waals surface area contributed by atoms with Gasteiger partial charge in [-0.3, -0.25) is 9.59 Å². The molecule has 8 nitrogen and oxygen atoms in total. The lowest BCUT2D eigenvalue weighted by atomic mass is 9.74. The minimum absolute atomic E-state index is 0.0130. The smallest absolute Gasteiger partial charge is 0.318 e. The van der Waals surface area contributed by atoms with E-state index < -0.39 is 5.41 Å². The summed E-state index contributed by atoms with van der Waals surface area (Å²) in [7, 11) is 3.61. The fourth-order valence-electron chi connectivity index (χ4n) is 5.01. The van der Waals surface area contributed by atoms with Gasteiger partial charge in [0.25, 0.3) is 0 Å². The van der Waals surface area contributed by atoms with Gasteiger partial charge in [0.2, 0.25) is 17.7 Å². The third-order valence-corrected chi connectivity index (χ3v) is 6.63. The van der Waals surface area contributed by atoms with Gasteiger partial charge in [-0.05, 0) is 25.3 Å². The van der Waals surface area contributed by atoms with Crippen molar-refractivity contribution in [3.8, 4) is 0 Å². The van der Waals surface area contributed by atoms with Crippen molar-refractivity contribution in [1.82, 2.24) is 20.0 Å². The van der Waals surface area contributed by atoms with E-state index in [1.54, 1.807) is 25.9 Å². The van der Waals surface area contributed by atoms with Gasteiger partial charge in [-0.25, -0.2) is 0 Å². The van der Waals surface area contributed by atoms with Crippen molar-refractivity contribution in [3.05, 3.63) is 41.3 Å². The highest BCUT2D eigenvalue weighted by atomic mass is 16.4. The Morgan fingerprint density at radius 1 is 1.16 bits per heavy atom. The van der Waals surface area contributed by atoms with Crippen LogP contribution in [0.2, 0.25) is 0 Å². The number of likely N-dealkylation sites (tertiary alicyclic amines) is 1. The summed E-state index contributed by atoms with van der Waals surface area (Å²) in [6, 6.07) is 8.55. The Labute approximate surface area is 183 Å². The van der Waals surface area contributed by atoms with E-state index in [1.807, 2.05) is 41.0 Å². The number of carbonyl (C=O) groups is 2. The molecule has 2 aromatic rings. The van der Waals surface area contributed by atoms with Gasteiger partial charge in [-0.15, -0.1) is 5.10 Å². The summed E-state index contributed by atoms with van der Waals surface area (Å²) in [6.45, 7) is 6.21. The van der Waals surface area contributed by atoms with Crippen molar-refractivity contribution in [2.45, 2.75) is 33.1 Å². The molecule has 0 N–H and O–H groups in total. The van der Waals surface area contributed by atoms with Crippen LogP contribution in [-0.2, 0) is 16.0 Å². The second kappa shape index (κ2) is 8.32. The molecule has 0 saturated carbocycles. The summed E-state index contributed by atoms with van der Waals surface area (Å²) in [5, 5.41) is 8.11. The van der Waals surface area contributed by atoms with Crippen LogP contribution in [0.3, 0.4) is 0 Å². The number of carbonyl (C=O) groups excluding carboxylic acids is 2. The van der Waals surface area contributed by atoms with Crippen molar-refractivity contribution < 1.29 is 14.0 Å². The highest BCUT2D eigenvalue weighted by Gasteiger charge is 2.54. The Morgan fingerprint density at radius 3 is 2.55 bits per heavy atom. The minimum atomic E-state index is -0.551. The zero-order chi connectivity index (χ0) is 22.2. The van der Waals surface area contributed by atoms with Gasteiger partial charge in [0, 0.05) is 53.1 Å². The van der Waals surface area contributed by atoms with E-state index in [0.29, 0.717) is 44.5 Å². The number of amides is 2. The second-order valence-electron chi connectivity index (χ2n) is 9.14. The molecular weight excluding hydrogens is 394 g/mol. The quantitative estimate of drug-likeness (QED) is 0.746. The third kappa shape index (κ3) is 4.16. The van der Waals surface area contributed by atoms with E-state index in [4.69, 9.17) is 4.42 Å². The first kappa shape index (κ1) is 21.3. The molecule has 31 heavy (non-hydrogen) atoms. The summed E-state index contributed by atoms with van der Waals surface area (Å²) in [5.74, 6) is 0.747. The molecule has 2 atom stereocenters. The monoisotopic (exact) mass is 425 g/mol. The number of hydrogen-bond acceptors (Lipinski definition) is 6. The number of hydrogen-bond donors (Lipinski definition) is 0. The number of fused-ring (bicyclic) bond motifs is 1. The molecule has 8 heteroatoms. The number of anilines is 1. The van der Waals surface area contributed by atoms with E-state index in [1.165, 1.54) is 5.56 Å². The van der Waals surface area contributed by atoms with Gasteiger partial charge in [0.1, 0.15) is 0 Å². The number of benzene rings is 1. The summed E-state index contributed by atoms with van der Waals surface area (Å²) >= 11 is 0. The summed E-state index contributed by atoms with van der Waals surface area (Å²) in [6.07, 6.45) is 1.92. The van der Waals surface area contributed by atoms with E-state index in [0.717, 1.165) is 18.4 Å². The molecule has 2 aliphatic heterocycles. The molecule has 1 aromatic carbocycles. The highest BCUT2D eigenvalue weighted by Crippen LogP contribution is 2.45. The average Bonchev–Trinajstić information content (AvgIpc) is 3.28. The fraction of sp³-hybridized carbons (Fsp3) is 0.565. The molecule has 0 bridgehead atoms. The van der Waals surface area contributed by atoms with E-state index >= 15 is 0 Å². The van der Waals surface area contributed by atoms with Crippen molar-refractivity contribution in [2.24, 2.45) is 11.3 Å². The number of rotatable bonds is 4. The molecule has 0 aliphatic carbocycles. The predicted molar refractivity (Wildman–Crippen MR) is 117 cm³/mol. The molecule has 166 valence electrons. The molecule has 1 aromatic heterocycles. The fourth-order valence-corrected chi connectivity index (χ4v) is 5.01. The van der Waals surface area contributed by atoms with Crippen molar-refractivity contribution in [2.75, 3.05) is 45.2 Å². The van der Waals surface area contributed by atoms with Crippen LogP contribution in [0.15, 0.2) is 28.7 Å². The first-order valence-corrected chi connectivity index (χ1v) is 10.9. The molecule has 4 rings (SSSR count). The first-order valence-electron chi connectivity index (χ1n) is 10.9. The topological polar surface area (TPSA) is 82.8 Å². The van der Waals surface area contributed by atoms with Crippen LogP contribution < -0.4 is 4.90 Å². The van der Waals surface area contributed by atoms with E-state index in [-0.39, 0.29) is 17.7 Å². The Bertz CT molecular complexity index is 954. The maximum atomic E-state index is 13.4. The van der Waals surface area contributed by atoms with Gasteiger partial charge in [-0.2, -0.15) is 0 Å². The van der Waals surface area contributed by atoms with E-state index in [9.17, 15) is 9.59 Å². The van der Waals surface area contributed by atoms with Crippen LogP contribution in [0.4, 0.5) is 6.01 Å². The maximum Gasteiger partial charge on any atom is 0.318 e. The molecule has 3 heterocycles. The van der Waals surface area contributed by atoms with Gasteiger partial charge in [0.15, 0.2) is 0 Å². The van der Waals surface area contributed by atoms with Crippen LogP contribution in [0.25, 0.3) is 0 Å². The van der Waals surface area contributed by atoms with Gasteiger partial charge in [0.05, 0.1) is 11.8 Å². The maximum absolute atomic E-state index is 13.4. The van der Waals surface area contributed by atoms with Crippen LogP contribution in [0, 0.1) is 25.2 Å². The lowest BCUT2D eigenvalue weighted by Crippen LogP contribution is -2.47. The molecule has 2 saturated heterocycles. The predicted octanol–water partition coefficient (Wildman–Crippen LogP) is 2.06. The van der Waals surface area contributed by atoms with Crippen LogP contribution in [-0.4, -0.2) is 72.1 Å². The first-order chi connectivity index (χ1) is 14.8. The Kier molecular flexibility index (Phi) is 5.73. The molecule has 0 radical (unpaired) electrons. The number of nitrogens with zero attached hydrogens (tertiary/aromatic N) is 5. The Morgan fingerprint density at radius 2 is 1.90 bits per heavy atom. The zero-order valence-corrected chi connectivity index (χ0v) is 18.8. The third-order valence-electron chi connectivity index (χ3n) is 6.63. The van der Waals surface area contributed by atoms with Gasteiger partial charge >= 0.3 is 6.01 Å². The summed E-state index contributed by atoms with van der Waals surface area (Å²) in [5.41, 5.74) is 1.65. The second-order valence-corrected chi connectivity index (χ2v) is 9.14. The Balaban J connectivity index is 1.56. The lowest BCUT2D eigenvalue weighted by Gasteiger charge is -2.34. The largest absolute Gasteiger partial charge is 0.408 e. The normalized spacial score (nSPS) is 23.4. The lowest BCUT2D eigenvalue weighted by molar-refractivity contribution is -0.142. The number of aryl methyl sites for hydroxylation is 2. The molecular formula is C23H31N5O3. The standard InChI is InChI=1S/C23H31N5O3/c1-16-6-8-18(9-7-16)12-20(29)27-11-5-10-23(21(30)26(3)4)15-28(14-19(23)13-27)22-25-24-17(2)31-22/h6-9,19H,5,10-15H2,1-4H3/t19-,23-/m0/s1. The summed E-state index contributed by atoms with van der Waals surface area (Å²) < 4.78 is 5.65. The Hall–Kier alpha value is -2.90. The minimum Gasteiger partial charge on any atom is -0.408 e. The summed E-state index contributed by atoms with van der Waals surface area (Å²) in [4.78, 5) is 32.1. The SMILES string of the molecule is Cc1ccc(CC(=O)N2CCC[C@]3(C(=O)N(C)C)CN(c4nnc(C)o4)C[C@@H]3C2)cc1. The van der Waals surface area contributed by atoms with Crippen LogP contribution in [0.5, 0.6) is 0 Å². The highest BCUT2D eigenvalue weighted by molar-refractivity contribution is 5.85. The van der Waals surface area contributed by atoms with Gasteiger partial charge in [-0.1, -0.05) is 34.9 Å². The van der Waals surface area contributed by atoms with Gasteiger partial charge < -0.3 is 19.1 Å². The zero-order valence-electron chi connectivity index (χ0n) is 18.8. The molecule has 0 unspecified atom stereocenters. The molecule has 2 amide bonds. The van der Waals surface area contributed by atoms with Crippen molar-refractivity contribution in [1.29, 1.82) is 0 Å². The molecule has 2 fully saturated rings. The number of aromatic nitrogens is 2. The van der Waals surface area contributed by atoms with E-state index in [2.05, 4.69) is 10.2 Å². The van der Waals surface area contributed by atoms with Crippen molar-refractivity contribution in [3.63, 3.8) is 0 Å². The van der Waals surface area contributed by atoms with Crippen molar-refractivity contribution >= 4 is 17.8 Å². The van der Waals surface area contributed by atoms with Crippen LogP contribution in [0.1, 0.15) is 29.9 Å². The van der Waals surface area contributed by atoms with Crippen LogP contribution >= 0.6 is 0 Å².